The summed E-state index contributed by atoms with van der Waals surface area (Å²) in [5.74, 6) is -1.56. The molecule has 5 heteroatoms. The summed E-state index contributed by atoms with van der Waals surface area (Å²) in [5, 5.41) is 15.1. The molecule has 1 N–H and O–H groups in total. The molecule has 3 atom stereocenters. The Labute approximate surface area is 150 Å². The van der Waals surface area contributed by atoms with Gasteiger partial charge in [-0.3, -0.25) is 4.79 Å². The molecule has 0 bridgehead atoms. The number of rotatable bonds is 3. The van der Waals surface area contributed by atoms with Crippen LogP contribution in [0.4, 0.5) is 5.69 Å². The molecule has 0 spiro atoms. The third-order valence-corrected chi connectivity index (χ3v) is 5.19. The van der Waals surface area contributed by atoms with Gasteiger partial charge in [0.25, 0.3) is 0 Å². The number of benzene rings is 2. The standard InChI is InChI=1S/C20H16ClNO3/c21-12-9-15-13-7-4-8-14(13)18(20(24)25)22-17(15)16(10-12)19(23)11-5-2-1-3-6-11/h1-7,9-10,13-14,18,22H,8H2,(H,24,25)/p-1/t13-,14-,18-/m0/s1. The van der Waals surface area contributed by atoms with Gasteiger partial charge in [0.15, 0.2) is 5.78 Å². The van der Waals surface area contributed by atoms with Gasteiger partial charge < -0.3 is 15.2 Å². The van der Waals surface area contributed by atoms with E-state index in [9.17, 15) is 14.7 Å². The first-order chi connectivity index (χ1) is 12.1. The van der Waals surface area contributed by atoms with Gasteiger partial charge in [-0.25, -0.2) is 0 Å². The van der Waals surface area contributed by atoms with Crippen molar-refractivity contribution in [3.63, 3.8) is 0 Å². The van der Waals surface area contributed by atoms with Crippen molar-refractivity contribution < 1.29 is 14.7 Å². The van der Waals surface area contributed by atoms with E-state index in [1.165, 1.54) is 0 Å². The maximum Gasteiger partial charge on any atom is 0.195 e. The molecule has 2 aromatic rings. The van der Waals surface area contributed by atoms with Crippen LogP contribution < -0.4 is 10.4 Å². The summed E-state index contributed by atoms with van der Waals surface area (Å²) in [7, 11) is 0. The van der Waals surface area contributed by atoms with Gasteiger partial charge in [-0.1, -0.05) is 54.1 Å². The van der Waals surface area contributed by atoms with Crippen molar-refractivity contribution in [1.82, 2.24) is 0 Å². The number of anilines is 1. The van der Waals surface area contributed by atoms with Gasteiger partial charge >= 0.3 is 0 Å². The van der Waals surface area contributed by atoms with Gasteiger partial charge in [-0.05, 0) is 30.0 Å². The Morgan fingerprint density at radius 3 is 2.64 bits per heavy atom. The van der Waals surface area contributed by atoms with E-state index in [0.29, 0.717) is 28.3 Å². The molecule has 2 aromatic carbocycles. The summed E-state index contributed by atoms with van der Waals surface area (Å²) in [4.78, 5) is 24.6. The molecule has 0 unspecified atom stereocenters. The number of carboxylic acids is 1. The van der Waals surface area contributed by atoms with Crippen LogP contribution in [0.25, 0.3) is 0 Å². The van der Waals surface area contributed by atoms with Crippen molar-refractivity contribution in [2.75, 3.05) is 5.32 Å². The molecular weight excluding hydrogens is 338 g/mol. The lowest BCUT2D eigenvalue weighted by molar-refractivity contribution is -0.308. The maximum atomic E-state index is 13.0. The van der Waals surface area contributed by atoms with Gasteiger partial charge in [0.05, 0.1) is 12.0 Å². The molecule has 25 heavy (non-hydrogen) atoms. The van der Waals surface area contributed by atoms with E-state index >= 15 is 0 Å². The summed E-state index contributed by atoms with van der Waals surface area (Å²) < 4.78 is 0. The second-order valence-electron chi connectivity index (χ2n) is 6.41. The molecule has 1 aliphatic heterocycles. The number of halogens is 1. The number of carbonyl (C=O) groups excluding carboxylic acids is 2. The number of nitrogens with one attached hydrogen (secondary N) is 1. The highest BCUT2D eigenvalue weighted by atomic mass is 35.5. The molecule has 4 nitrogen and oxygen atoms in total. The van der Waals surface area contributed by atoms with E-state index in [1.54, 1.807) is 30.3 Å². The number of aliphatic carboxylic acids is 1. The van der Waals surface area contributed by atoms with E-state index in [-0.39, 0.29) is 17.6 Å². The zero-order chi connectivity index (χ0) is 17.6. The van der Waals surface area contributed by atoms with Crippen molar-refractivity contribution in [2.45, 2.75) is 18.4 Å². The highest BCUT2D eigenvalue weighted by Gasteiger charge is 2.39. The number of hydrogen-bond acceptors (Lipinski definition) is 4. The molecule has 2 aliphatic rings. The molecular formula is C20H15ClNO3-. The summed E-state index contributed by atoms with van der Waals surface area (Å²) in [6.07, 6.45) is 4.62. The fourth-order valence-corrected chi connectivity index (χ4v) is 4.05. The molecule has 0 saturated heterocycles. The fraction of sp³-hybridized carbons (Fsp3) is 0.200. The lowest BCUT2D eigenvalue weighted by Gasteiger charge is -2.38. The maximum absolute atomic E-state index is 13.0. The third kappa shape index (κ3) is 2.63. The van der Waals surface area contributed by atoms with Crippen LogP contribution in [0, 0.1) is 5.92 Å². The largest absolute Gasteiger partial charge is 0.548 e. The average Bonchev–Trinajstić information content (AvgIpc) is 3.10. The van der Waals surface area contributed by atoms with Crippen LogP contribution in [-0.4, -0.2) is 17.8 Å². The van der Waals surface area contributed by atoms with E-state index in [1.807, 2.05) is 24.3 Å². The molecule has 0 amide bonds. The van der Waals surface area contributed by atoms with Crippen LogP contribution in [-0.2, 0) is 4.79 Å². The van der Waals surface area contributed by atoms with E-state index in [2.05, 4.69) is 5.32 Å². The van der Waals surface area contributed by atoms with Gasteiger partial charge in [-0.15, -0.1) is 0 Å². The molecule has 4 rings (SSSR count). The summed E-state index contributed by atoms with van der Waals surface area (Å²) in [6.45, 7) is 0. The van der Waals surface area contributed by atoms with E-state index in [4.69, 9.17) is 11.6 Å². The Hall–Kier alpha value is -2.59. The Morgan fingerprint density at radius 2 is 1.92 bits per heavy atom. The molecule has 0 radical (unpaired) electrons. The quantitative estimate of drug-likeness (QED) is 0.681. The molecule has 1 heterocycles. The van der Waals surface area contributed by atoms with Crippen LogP contribution in [0.15, 0.2) is 54.6 Å². The fourth-order valence-electron chi connectivity index (χ4n) is 3.82. The molecule has 0 fully saturated rings. The zero-order valence-corrected chi connectivity index (χ0v) is 14.0. The van der Waals surface area contributed by atoms with Crippen molar-refractivity contribution >= 4 is 29.0 Å². The van der Waals surface area contributed by atoms with Crippen molar-refractivity contribution in [2.24, 2.45) is 5.92 Å². The van der Waals surface area contributed by atoms with Crippen molar-refractivity contribution in [3.05, 3.63) is 76.3 Å². The molecule has 0 aromatic heterocycles. The number of ketones is 1. The zero-order valence-electron chi connectivity index (χ0n) is 13.2. The monoisotopic (exact) mass is 352 g/mol. The minimum absolute atomic E-state index is 0.0832. The number of hydrogen-bond donors (Lipinski definition) is 1. The second-order valence-corrected chi connectivity index (χ2v) is 6.84. The molecule has 0 saturated carbocycles. The van der Waals surface area contributed by atoms with Crippen molar-refractivity contribution in [1.29, 1.82) is 0 Å². The van der Waals surface area contributed by atoms with Gasteiger partial charge in [-0.2, -0.15) is 0 Å². The highest BCUT2D eigenvalue weighted by Crippen LogP contribution is 2.46. The summed E-state index contributed by atoms with van der Waals surface area (Å²) >= 11 is 6.27. The van der Waals surface area contributed by atoms with E-state index < -0.39 is 12.0 Å². The van der Waals surface area contributed by atoms with Crippen LogP contribution in [0.1, 0.15) is 33.8 Å². The Bertz CT molecular complexity index is 891. The SMILES string of the molecule is O=C(c1ccccc1)c1cc(Cl)cc2c1N[C@H](C(=O)[O-])[C@H]1CC=C[C@H]21. The van der Waals surface area contributed by atoms with Gasteiger partial charge in [0.1, 0.15) is 0 Å². The predicted molar refractivity (Wildman–Crippen MR) is 93.7 cm³/mol. The summed E-state index contributed by atoms with van der Waals surface area (Å²) in [6, 6.07) is 11.4. The summed E-state index contributed by atoms with van der Waals surface area (Å²) in [5.41, 5.74) is 2.32. The highest BCUT2D eigenvalue weighted by molar-refractivity contribution is 6.31. The first-order valence-corrected chi connectivity index (χ1v) is 8.51. The van der Waals surface area contributed by atoms with Crippen LogP contribution in [0.2, 0.25) is 5.02 Å². The predicted octanol–water partition coefficient (Wildman–Crippen LogP) is 2.77. The number of allylic oxidation sites excluding steroid dienone is 2. The smallest absolute Gasteiger partial charge is 0.195 e. The minimum Gasteiger partial charge on any atom is -0.548 e. The van der Waals surface area contributed by atoms with Crippen LogP contribution in [0.5, 0.6) is 0 Å². The third-order valence-electron chi connectivity index (χ3n) is 4.97. The molecule has 1 aliphatic carbocycles. The molecule has 126 valence electrons. The lowest BCUT2D eigenvalue weighted by Crippen LogP contribution is -2.49. The minimum atomic E-state index is -1.16. The average molecular weight is 353 g/mol. The second kappa shape index (κ2) is 6.05. The topological polar surface area (TPSA) is 69.2 Å². The van der Waals surface area contributed by atoms with E-state index in [0.717, 1.165) is 5.56 Å². The lowest BCUT2D eigenvalue weighted by atomic mass is 9.78. The first-order valence-electron chi connectivity index (χ1n) is 8.13. The van der Waals surface area contributed by atoms with Gasteiger partial charge in [0.2, 0.25) is 0 Å². The van der Waals surface area contributed by atoms with Crippen molar-refractivity contribution in [3.8, 4) is 0 Å². The number of fused-ring (bicyclic) bond motifs is 3. The van der Waals surface area contributed by atoms with Crippen LogP contribution >= 0.6 is 11.6 Å². The number of carboxylic acid groups (broad SMARTS) is 1. The Balaban J connectivity index is 1.87. The Kier molecular flexibility index (Phi) is 3.85. The Morgan fingerprint density at radius 1 is 1.16 bits per heavy atom. The first kappa shape index (κ1) is 15.9. The normalized spacial score (nSPS) is 23.5. The van der Waals surface area contributed by atoms with Crippen LogP contribution in [0.3, 0.4) is 0 Å². The van der Waals surface area contributed by atoms with Gasteiger partial charge in [0, 0.05) is 27.8 Å². The number of carbonyl (C=O) groups is 2.